The van der Waals surface area contributed by atoms with Gasteiger partial charge < -0.3 is 5.73 Å². The van der Waals surface area contributed by atoms with Crippen molar-refractivity contribution in [3.05, 3.63) is 34.9 Å². The van der Waals surface area contributed by atoms with Crippen LogP contribution in [-0.4, -0.2) is 0 Å². The maximum Gasteiger partial charge on any atom is 0.0991 e. The smallest absolute Gasteiger partial charge is 0.0991 e. The van der Waals surface area contributed by atoms with Gasteiger partial charge in [0.15, 0.2) is 0 Å². The summed E-state index contributed by atoms with van der Waals surface area (Å²) in [6.07, 6.45) is 0.961. The fourth-order valence-electron chi connectivity index (χ4n) is 1.41. The Morgan fingerprint density at radius 2 is 2.23 bits per heavy atom. The maximum atomic E-state index is 8.72. The Balaban J connectivity index is 3.20. The molecule has 0 aromatic heterocycles. The molecule has 2 heteroatoms. The lowest BCUT2D eigenvalue weighted by atomic mass is 9.98. The first-order valence-corrected chi connectivity index (χ1v) is 4.47. The Morgan fingerprint density at radius 1 is 1.54 bits per heavy atom. The molecule has 1 atom stereocenters. The molecular weight excluding hydrogens is 160 g/mol. The number of rotatable bonds is 2. The molecule has 0 aliphatic carbocycles. The van der Waals surface area contributed by atoms with Gasteiger partial charge in [0.1, 0.15) is 0 Å². The average molecular weight is 174 g/mol. The van der Waals surface area contributed by atoms with Crippen LogP contribution in [-0.2, 0) is 6.42 Å². The molecular formula is C11H14N2. The van der Waals surface area contributed by atoms with E-state index in [1.165, 1.54) is 5.56 Å². The molecule has 0 bridgehead atoms. The number of nitrogens with zero attached hydrogens (tertiary/aromatic N) is 1. The first kappa shape index (κ1) is 9.76. The highest BCUT2D eigenvalue weighted by atomic mass is 14.6. The summed E-state index contributed by atoms with van der Waals surface area (Å²) in [5.74, 6) is 0. The minimum Gasteiger partial charge on any atom is -0.324 e. The quantitative estimate of drug-likeness (QED) is 0.746. The van der Waals surface area contributed by atoms with E-state index in [9.17, 15) is 0 Å². The molecule has 0 unspecified atom stereocenters. The zero-order valence-electron chi connectivity index (χ0n) is 8.04. The van der Waals surface area contributed by atoms with Gasteiger partial charge in [-0.25, -0.2) is 0 Å². The summed E-state index contributed by atoms with van der Waals surface area (Å²) in [6.45, 7) is 4.03. The predicted octanol–water partition coefficient (Wildman–Crippen LogP) is 2.14. The van der Waals surface area contributed by atoms with Gasteiger partial charge in [-0.1, -0.05) is 13.0 Å². The minimum atomic E-state index is 0.00301. The molecule has 2 N–H and O–H groups in total. The molecule has 0 aliphatic heterocycles. The number of nitriles is 1. The lowest BCUT2D eigenvalue weighted by Gasteiger charge is -2.11. The predicted molar refractivity (Wildman–Crippen MR) is 53.1 cm³/mol. The van der Waals surface area contributed by atoms with Crippen LogP contribution in [0.15, 0.2) is 18.2 Å². The SMILES string of the molecule is CCc1ccc(C#N)cc1[C@@H](C)N. The van der Waals surface area contributed by atoms with Gasteiger partial charge in [-0.3, -0.25) is 0 Å². The van der Waals surface area contributed by atoms with E-state index in [0.717, 1.165) is 12.0 Å². The van der Waals surface area contributed by atoms with Crippen LogP contribution in [0.1, 0.15) is 36.6 Å². The highest BCUT2D eigenvalue weighted by molar-refractivity contribution is 5.39. The van der Waals surface area contributed by atoms with Crippen molar-refractivity contribution in [2.24, 2.45) is 5.73 Å². The molecule has 1 aromatic rings. The summed E-state index contributed by atoms with van der Waals surface area (Å²) in [5.41, 5.74) is 8.80. The zero-order chi connectivity index (χ0) is 9.84. The van der Waals surface area contributed by atoms with Crippen molar-refractivity contribution in [2.75, 3.05) is 0 Å². The van der Waals surface area contributed by atoms with E-state index in [1.54, 1.807) is 0 Å². The van der Waals surface area contributed by atoms with Crippen LogP contribution < -0.4 is 5.73 Å². The lowest BCUT2D eigenvalue weighted by Crippen LogP contribution is -2.08. The Hall–Kier alpha value is -1.33. The van der Waals surface area contributed by atoms with Gasteiger partial charge in [-0.05, 0) is 36.6 Å². The fourth-order valence-corrected chi connectivity index (χ4v) is 1.41. The number of hydrogen-bond acceptors (Lipinski definition) is 2. The van der Waals surface area contributed by atoms with Crippen molar-refractivity contribution < 1.29 is 0 Å². The van der Waals surface area contributed by atoms with Gasteiger partial charge in [0.05, 0.1) is 11.6 Å². The van der Waals surface area contributed by atoms with E-state index in [4.69, 9.17) is 11.0 Å². The fraction of sp³-hybridized carbons (Fsp3) is 0.364. The van der Waals surface area contributed by atoms with Crippen LogP contribution in [0.2, 0.25) is 0 Å². The highest BCUT2D eigenvalue weighted by Crippen LogP contribution is 2.18. The monoisotopic (exact) mass is 174 g/mol. The third kappa shape index (κ3) is 2.07. The summed E-state index contributed by atoms with van der Waals surface area (Å²) in [6, 6.07) is 7.82. The number of benzene rings is 1. The van der Waals surface area contributed by atoms with Gasteiger partial charge in [-0.2, -0.15) is 5.26 Å². The molecule has 0 heterocycles. The van der Waals surface area contributed by atoms with Crippen molar-refractivity contribution in [1.82, 2.24) is 0 Å². The van der Waals surface area contributed by atoms with E-state index in [1.807, 2.05) is 25.1 Å². The van der Waals surface area contributed by atoms with Crippen molar-refractivity contribution in [1.29, 1.82) is 5.26 Å². The molecule has 0 saturated heterocycles. The number of aryl methyl sites for hydroxylation is 1. The summed E-state index contributed by atoms with van der Waals surface area (Å²) in [4.78, 5) is 0. The summed E-state index contributed by atoms with van der Waals surface area (Å²) in [7, 11) is 0. The molecule has 1 aromatic carbocycles. The topological polar surface area (TPSA) is 49.8 Å². The van der Waals surface area contributed by atoms with Crippen molar-refractivity contribution in [3.8, 4) is 6.07 Å². The largest absolute Gasteiger partial charge is 0.324 e. The van der Waals surface area contributed by atoms with E-state index >= 15 is 0 Å². The van der Waals surface area contributed by atoms with E-state index in [2.05, 4.69) is 13.0 Å². The average Bonchev–Trinajstić information content (AvgIpc) is 2.16. The van der Waals surface area contributed by atoms with Crippen molar-refractivity contribution in [2.45, 2.75) is 26.3 Å². The van der Waals surface area contributed by atoms with Crippen LogP contribution in [0.25, 0.3) is 0 Å². The molecule has 0 saturated carbocycles. The lowest BCUT2D eigenvalue weighted by molar-refractivity contribution is 0.800. The Kier molecular flexibility index (Phi) is 3.05. The Labute approximate surface area is 79.0 Å². The molecule has 0 spiro atoms. The number of hydrogen-bond donors (Lipinski definition) is 1. The van der Waals surface area contributed by atoms with Crippen LogP contribution in [0.5, 0.6) is 0 Å². The first-order chi connectivity index (χ1) is 6.19. The van der Waals surface area contributed by atoms with Crippen molar-refractivity contribution in [3.63, 3.8) is 0 Å². The third-order valence-corrected chi connectivity index (χ3v) is 2.15. The second kappa shape index (κ2) is 4.06. The molecule has 13 heavy (non-hydrogen) atoms. The van der Waals surface area contributed by atoms with Gasteiger partial charge in [0.2, 0.25) is 0 Å². The van der Waals surface area contributed by atoms with Gasteiger partial charge in [0.25, 0.3) is 0 Å². The summed E-state index contributed by atoms with van der Waals surface area (Å²) >= 11 is 0. The van der Waals surface area contributed by atoms with Gasteiger partial charge in [-0.15, -0.1) is 0 Å². The second-order valence-electron chi connectivity index (χ2n) is 3.17. The van der Waals surface area contributed by atoms with Crippen LogP contribution in [0.4, 0.5) is 0 Å². The highest BCUT2D eigenvalue weighted by Gasteiger charge is 2.05. The van der Waals surface area contributed by atoms with Gasteiger partial charge >= 0.3 is 0 Å². The Morgan fingerprint density at radius 3 is 2.69 bits per heavy atom. The maximum absolute atomic E-state index is 8.72. The first-order valence-electron chi connectivity index (χ1n) is 4.47. The molecule has 2 nitrogen and oxygen atoms in total. The number of nitrogens with two attached hydrogens (primary N) is 1. The third-order valence-electron chi connectivity index (χ3n) is 2.15. The Bertz CT molecular complexity index is 334. The van der Waals surface area contributed by atoms with Crippen LogP contribution in [0, 0.1) is 11.3 Å². The minimum absolute atomic E-state index is 0.00301. The molecule has 0 aliphatic rings. The molecule has 0 radical (unpaired) electrons. The summed E-state index contributed by atoms with van der Waals surface area (Å²) in [5, 5.41) is 8.72. The van der Waals surface area contributed by atoms with Gasteiger partial charge in [0, 0.05) is 6.04 Å². The summed E-state index contributed by atoms with van der Waals surface area (Å²) < 4.78 is 0. The van der Waals surface area contributed by atoms with Crippen LogP contribution in [0.3, 0.4) is 0 Å². The second-order valence-corrected chi connectivity index (χ2v) is 3.17. The zero-order valence-corrected chi connectivity index (χ0v) is 8.04. The molecule has 0 fully saturated rings. The molecule has 1 rings (SSSR count). The van der Waals surface area contributed by atoms with E-state index in [-0.39, 0.29) is 6.04 Å². The normalized spacial score (nSPS) is 12.2. The van der Waals surface area contributed by atoms with E-state index < -0.39 is 0 Å². The molecule has 68 valence electrons. The van der Waals surface area contributed by atoms with Crippen molar-refractivity contribution >= 4 is 0 Å². The standard InChI is InChI=1S/C11H14N2/c1-3-10-5-4-9(7-12)6-11(10)8(2)13/h4-6,8H,3,13H2,1-2H3/t8-/m1/s1. The van der Waals surface area contributed by atoms with Crippen LogP contribution >= 0.6 is 0 Å². The van der Waals surface area contributed by atoms with E-state index in [0.29, 0.717) is 5.56 Å². The molecule has 0 amide bonds.